The molecule has 1 aromatic carbocycles. The first-order chi connectivity index (χ1) is 13.5. The van der Waals surface area contributed by atoms with Gasteiger partial charge in [0.25, 0.3) is 11.8 Å². The molecule has 9 nitrogen and oxygen atoms in total. The Balaban J connectivity index is 1.76. The number of aromatic nitrogens is 4. The molecule has 2 aromatic heterocycles. The minimum atomic E-state index is -0.443. The lowest BCUT2D eigenvalue weighted by atomic mass is 10.3. The van der Waals surface area contributed by atoms with Gasteiger partial charge in [0, 0.05) is 26.0 Å². The molecule has 0 spiro atoms. The zero-order valence-corrected chi connectivity index (χ0v) is 16.1. The Morgan fingerprint density at radius 3 is 2.71 bits per heavy atom. The second-order valence-electron chi connectivity index (χ2n) is 5.70. The largest absolute Gasteiger partial charge is 0.470 e. The second kappa shape index (κ2) is 8.57. The van der Waals surface area contributed by atoms with E-state index in [1.165, 1.54) is 17.9 Å². The summed E-state index contributed by atoms with van der Waals surface area (Å²) < 4.78 is 8.59. The molecule has 28 heavy (non-hydrogen) atoms. The highest BCUT2D eigenvalue weighted by Crippen LogP contribution is 2.23. The maximum atomic E-state index is 12.7. The van der Waals surface area contributed by atoms with Gasteiger partial charge < -0.3 is 15.4 Å². The smallest absolute Gasteiger partial charge is 0.274 e. The number of nitrogens with one attached hydrogen (secondary N) is 2. The number of amides is 2. The third-order valence-corrected chi connectivity index (χ3v) is 4.22. The van der Waals surface area contributed by atoms with Crippen molar-refractivity contribution in [2.75, 3.05) is 12.4 Å². The van der Waals surface area contributed by atoms with Gasteiger partial charge in [-0.05, 0) is 25.1 Å². The molecule has 0 bridgehead atoms. The molecule has 2 heterocycles. The number of aryl methyl sites for hydroxylation is 1. The number of para-hydroxylation sites is 1. The van der Waals surface area contributed by atoms with Crippen LogP contribution in [0.3, 0.4) is 0 Å². The number of hydrogen-bond donors (Lipinski definition) is 2. The molecular weight excluding hydrogens is 384 g/mol. The molecule has 0 atom stereocenters. The minimum absolute atomic E-state index is 0.00396. The SMILES string of the molecule is CCn1cc(NC(=O)c2ccnn2COc2ccccc2Cl)c(C(=O)NC)n1. The molecule has 0 radical (unpaired) electrons. The van der Waals surface area contributed by atoms with Gasteiger partial charge >= 0.3 is 0 Å². The van der Waals surface area contributed by atoms with E-state index in [-0.39, 0.29) is 18.1 Å². The maximum Gasteiger partial charge on any atom is 0.274 e. The number of ether oxygens (including phenoxy) is 1. The van der Waals surface area contributed by atoms with Crippen molar-refractivity contribution in [2.45, 2.75) is 20.2 Å². The Kier molecular flexibility index (Phi) is 5.95. The zero-order valence-electron chi connectivity index (χ0n) is 15.3. The summed E-state index contributed by atoms with van der Waals surface area (Å²) in [7, 11) is 1.50. The molecule has 0 saturated heterocycles. The summed E-state index contributed by atoms with van der Waals surface area (Å²) >= 11 is 6.07. The predicted octanol–water partition coefficient (Wildman–Crippen LogP) is 2.40. The fourth-order valence-electron chi connectivity index (χ4n) is 2.47. The van der Waals surface area contributed by atoms with Crippen LogP contribution in [0.2, 0.25) is 5.02 Å². The Bertz CT molecular complexity index is 997. The first-order valence-electron chi connectivity index (χ1n) is 8.53. The fraction of sp³-hybridized carbons (Fsp3) is 0.222. The highest BCUT2D eigenvalue weighted by Gasteiger charge is 2.20. The number of benzene rings is 1. The standard InChI is InChI=1S/C18H19ClN6O3/c1-3-24-10-13(16(23-24)18(27)20-2)22-17(26)14-8-9-21-25(14)11-28-15-7-5-4-6-12(15)19/h4-10H,3,11H2,1-2H3,(H,20,27)(H,22,26). The van der Waals surface area contributed by atoms with Crippen LogP contribution in [0.25, 0.3) is 0 Å². The average molecular weight is 403 g/mol. The van der Waals surface area contributed by atoms with Gasteiger partial charge in [0.1, 0.15) is 11.4 Å². The van der Waals surface area contributed by atoms with Crippen LogP contribution in [0.5, 0.6) is 5.75 Å². The molecule has 10 heteroatoms. The maximum absolute atomic E-state index is 12.7. The summed E-state index contributed by atoms with van der Waals surface area (Å²) in [5.74, 6) is -0.351. The van der Waals surface area contributed by atoms with E-state index < -0.39 is 11.8 Å². The van der Waals surface area contributed by atoms with Crippen molar-refractivity contribution in [1.82, 2.24) is 24.9 Å². The van der Waals surface area contributed by atoms with E-state index in [0.29, 0.717) is 23.0 Å². The number of rotatable bonds is 7. The van der Waals surface area contributed by atoms with Crippen LogP contribution in [-0.4, -0.2) is 38.4 Å². The number of nitrogens with zero attached hydrogens (tertiary/aromatic N) is 4. The summed E-state index contributed by atoms with van der Waals surface area (Å²) in [6, 6.07) is 8.57. The van der Waals surface area contributed by atoms with E-state index >= 15 is 0 Å². The van der Waals surface area contributed by atoms with Crippen molar-refractivity contribution in [3.63, 3.8) is 0 Å². The van der Waals surface area contributed by atoms with E-state index in [2.05, 4.69) is 20.8 Å². The molecule has 146 valence electrons. The lowest BCUT2D eigenvalue weighted by molar-refractivity contribution is 0.0958. The highest BCUT2D eigenvalue weighted by atomic mass is 35.5. The normalized spacial score (nSPS) is 10.5. The monoisotopic (exact) mass is 402 g/mol. The molecule has 0 fully saturated rings. The molecular formula is C18H19ClN6O3. The van der Waals surface area contributed by atoms with Crippen molar-refractivity contribution >= 4 is 29.1 Å². The third-order valence-electron chi connectivity index (χ3n) is 3.90. The summed E-state index contributed by atoms with van der Waals surface area (Å²) in [5, 5.41) is 14.0. The molecule has 0 aliphatic carbocycles. The van der Waals surface area contributed by atoms with E-state index in [1.807, 2.05) is 6.92 Å². The zero-order chi connectivity index (χ0) is 20.1. The van der Waals surface area contributed by atoms with Crippen molar-refractivity contribution in [3.8, 4) is 5.75 Å². The van der Waals surface area contributed by atoms with Crippen molar-refractivity contribution in [2.24, 2.45) is 0 Å². The van der Waals surface area contributed by atoms with Crippen LogP contribution in [-0.2, 0) is 13.3 Å². The summed E-state index contributed by atoms with van der Waals surface area (Å²) in [5.41, 5.74) is 0.709. The molecule has 2 N–H and O–H groups in total. The highest BCUT2D eigenvalue weighted by molar-refractivity contribution is 6.32. The molecule has 0 saturated carbocycles. The van der Waals surface area contributed by atoms with Crippen LogP contribution in [0.1, 0.15) is 27.9 Å². The molecule has 0 unspecified atom stereocenters. The van der Waals surface area contributed by atoms with Crippen LogP contribution < -0.4 is 15.4 Å². The summed E-state index contributed by atoms with van der Waals surface area (Å²) in [4.78, 5) is 24.7. The Hall–Kier alpha value is -3.33. The second-order valence-corrected chi connectivity index (χ2v) is 6.11. The molecule has 0 aliphatic rings. The third kappa shape index (κ3) is 4.15. The van der Waals surface area contributed by atoms with E-state index in [1.54, 1.807) is 41.2 Å². The van der Waals surface area contributed by atoms with Gasteiger partial charge in [-0.3, -0.25) is 14.3 Å². The molecule has 2 amide bonds. The van der Waals surface area contributed by atoms with Crippen molar-refractivity contribution in [1.29, 1.82) is 0 Å². The van der Waals surface area contributed by atoms with Gasteiger partial charge in [-0.2, -0.15) is 10.2 Å². The minimum Gasteiger partial charge on any atom is -0.470 e. The van der Waals surface area contributed by atoms with Crippen molar-refractivity contribution < 1.29 is 14.3 Å². The van der Waals surface area contributed by atoms with Gasteiger partial charge in [0.2, 0.25) is 0 Å². The molecule has 3 rings (SSSR count). The van der Waals surface area contributed by atoms with Gasteiger partial charge in [-0.15, -0.1) is 0 Å². The number of halogens is 1. The number of hydrogen-bond acceptors (Lipinski definition) is 5. The fourth-order valence-corrected chi connectivity index (χ4v) is 2.66. The first-order valence-corrected chi connectivity index (χ1v) is 8.91. The van der Waals surface area contributed by atoms with Crippen LogP contribution in [0, 0.1) is 0 Å². The average Bonchev–Trinajstić information content (AvgIpc) is 3.33. The number of carbonyl (C=O) groups excluding carboxylic acids is 2. The first kappa shape index (κ1) is 19.4. The lowest BCUT2D eigenvalue weighted by Gasteiger charge is -2.11. The van der Waals surface area contributed by atoms with Gasteiger partial charge in [-0.1, -0.05) is 23.7 Å². The summed E-state index contributed by atoms with van der Waals surface area (Å²) in [6.07, 6.45) is 3.09. The van der Waals surface area contributed by atoms with Gasteiger partial charge in [0.05, 0.1) is 10.7 Å². The van der Waals surface area contributed by atoms with Gasteiger partial charge in [0.15, 0.2) is 12.4 Å². The Morgan fingerprint density at radius 1 is 1.21 bits per heavy atom. The number of anilines is 1. The molecule has 3 aromatic rings. The lowest BCUT2D eigenvalue weighted by Crippen LogP contribution is -2.23. The van der Waals surface area contributed by atoms with E-state index in [0.717, 1.165) is 0 Å². The summed E-state index contributed by atoms with van der Waals surface area (Å²) in [6.45, 7) is 2.44. The van der Waals surface area contributed by atoms with E-state index in [4.69, 9.17) is 16.3 Å². The quantitative estimate of drug-likeness (QED) is 0.631. The number of carbonyl (C=O) groups is 2. The predicted molar refractivity (Wildman–Crippen MR) is 104 cm³/mol. The Morgan fingerprint density at radius 2 is 2.00 bits per heavy atom. The van der Waals surface area contributed by atoms with Crippen molar-refractivity contribution in [3.05, 3.63) is 59.1 Å². The topological polar surface area (TPSA) is 103 Å². The van der Waals surface area contributed by atoms with Crippen LogP contribution in [0.15, 0.2) is 42.7 Å². The van der Waals surface area contributed by atoms with Crippen LogP contribution in [0.4, 0.5) is 5.69 Å². The van der Waals surface area contributed by atoms with Gasteiger partial charge in [-0.25, -0.2) is 4.68 Å². The van der Waals surface area contributed by atoms with Crippen LogP contribution >= 0.6 is 11.6 Å². The Labute approximate surface area is 166 Å². The molecule has 0 aliphatic heterocycles. The van der Waals surface area contributed by atoms with E-state index in [9.17, 15) is 9.59 Å².